The summed E-state index contributed by atoms with van der Waals surface area (Å²) in [5, 5.41) is -4.40. The molecule has 2 aliphatic carbocycles. The fourth-order valence-corrected chi connectivity index (χ4v) is 17.3. The van der Waals surface area contributed by atoms with Crippen LogP contribution in [0, 0.1) is 0 Å². The van der Waals surface area contributed by atoms with Crippen molar-refractivity contribution in [2.24, 2.45) is 0 Å². The third kappa shape index (κ3) is 8.95. The van der Waals surface area contributed by atoms with Gasteiger partial charge in [-0.25, -0.2) is 25.3 Å². The number of benzene rings is 6. The topological polar surface area (TPSA) is 137 Å². The van der Waals surface area contributed by atoms with Crippen LogP contribution in [0.2, 0.25) is 10.0 Å². The summed E-state index contributed by atoms with van der Waals surface area (Å²) in [6, 6.07) is 40.6. The third-order valence-electron chi connectivity index (χ3n) is 12.1. The molecule has 8 rings (SSSR count). The molecule has 0 heterocycles. The number of rotatable bonds is 14. The van der Waals surface area contributed by atoms with Gasteiger partial charge in [0.25, 0.3) is 0 Å². The van der Waals surface area contributed by atoms with E-state index in [2.05, 4.69) is 0 Å². The number of Topliss-reactive ketones (excluding diaryl/α,β-unsaturated/α-hetero) is 2. The summed E-state index contributed by atoms with van der Waals surface area (Å²) in [5.41, 5.74) is 2.16. The molecular weight excluding hydrogens is 991 g/mol. The number of carbonyl (C=O) groups excluding carboxylic acids is 2. The van der Waals surface area contributed by atoms with Gasteiger partial charge < -0.3 is 0 Å². The second kappa shape index (κ2) is 19.0. The van der Waals surface area contributed by atoms with Crippen LogP contribution in [-0.4, -0.2) is 56.8 Å². The van der Waals surface area contributed by atoms with E-state index in [1.54, 1.807) is 97.1 Å². The highest BCUT2D eigenvalue weighted by Crippen LogP contribution is 2.52. The first-order chi connectivity index (χ1) is 31.9. The van der Waals surface area contributed by atoms with Gasteiger partial charge in [0.15, 0.2) is 41.1 Å². The fraction of sp³-hybridized carbons (Fsp3) is 0.115. The maximum Gasteiger partial charge on any atom is 0.186 e. The molecule has 0 saturated carbocycles. The van der Waals surface area contributed by atoms with Gasteiger partial charge in [0.2, 0.25) is 0 Å². The Morgan fingerprint density at radius 1 is 0.433 bits per heavy atom. The first kappa shape index (κ1) is 48.1. The molecule has 0 amide bonds. The van der Waals surface area contributed by atoms with Crippen molar-refractivity contribution < 1.29 is 34.8 Å². The normalized spacial score (nSPS) is 20.7. The van der Waals surface area contributed by atoms with Gasteiger partial charge in [0.05, 0.1) is 9.79 Å². The van der Waals surface area contributed by atoms with Gasteiger partial charge in [0.1, 0.15) is 20.0 Å². The Morgan fingerprint density at radius 3 is 1.12 bits per heavy atom. The second-order valence-electron chi connectivity index (χ2n) is 16.0. The second-order valence-corrected chi connectivity index (χ2v) is 24.5. The lowest BCUT2D eigenvalue weighted by atomic mass is 9.87. The molecule has 6 aromatic rings. The minimum absolute atomic E-state index is 0.0503. The average molecular weight is 1030 g/mol. The predicted molar refractivity (Wildman–Crippen MR) is 267 cm³/mol. The highest BCUT2D eigenvalue weighted by Gasteiger charge is 2.66. The largest absolute Gasteiger partial charge is 0.294 e. The monoisotopic (exact) mass is 1030 g/mol. The quantitative estimate of drug-likeness (QED) is 0.0984. The Kier molecular flexibility index (Phi) is 13.6. The molecule has 0 N–H and O–H groups in total. The van der Waals surface area contributed by atoms with Crippen molar-refractivity contribution >= 4 is 87.5 Å². The zero-order valence-electron chi connectivity index (χ0n) is 35.0. The molecule has 8 nitrogen and oxygen atoms in total. The van der Waals surface area contributed by atoms with Crippen LogP contribution < -0.4 is 0 Å². The highest BCUT2D eigenvalue weighted by atomic mass is 35.5. The summed E-state index contributed by atoms with van der Waals surface area (Å²) in [4.78, 5) is 29.9. The number of halogens is 4. The lowest BCUT2D eigenvalue weighted by molar-refractivity contribution is 0.0971. The lowest BCUT2D eigenvalue weighted by Gasteiger charge is -2.47. The summed E-state index contributed by atoms with van der Waals surface area (Å²) in [6.07, 6.45) is 4.33. The van der Waals surface area contributed by atoms with E-state index in [1.807, 2.05) is 0 Å². The van der Waals surface area contributed by atoms with E-state index in [0.717, 1.165) is 24.3 Å². The summed E-state index contributed by atoms with van der Waals surface area (Å²) in [5.74, 6) is -1.62. The maximum atomic E-state index is 17.0. The van der Waals surface area contributed by atoms with Crippen LogP contribution >= 0.6 is 46.4 Å². The van der Waals surface area contributed by atoms with E-state index < -0.39 is 73.9 Å². The van der Waals surface area contributed by atoms with Gasteiger partial charge in [-0.05, 0) is 95.1 Å². The molecular formula is C52H38Cl4O8S3. The fourth-order valence-electron chi connectivity index (χ4n) is 8.79. The van der Waals surface area contributed by atoms with Gasteiger partial charge in [-0.15, -0.1) is 0 Å². The van der Waals surface area contributed by atoms with E-state index in [1.165, 1.54) is 72.8 Å². The summed E-state index contributed by atoms with van der Waals surface area (Å²) >= 11 is 25.7. The average Bonchev–Trinajstić information content (AvgIpc) is 3.33. The molecule has 15 heteroatoms. The lowest BCUT2D eigenvalue weighted by Crippen LogP contribution is -2.64. The Balaban J connectivity index is 1.44. The van der Waals surface area contributed by atoms with Crippen LogP contribution in [0.5, 0.6) is 0 Å². The molecule has 0 aliphatic heterocycles. The van der Waals surface area contributed by atoms with Crippen LogP contribution in [-0.2, 0) is 29.5 Å². The molecule has 67 heavy (non-hydrogen) atoms. The van der Waals surface area contributed by atoms with Gasteiger partial charge in [0, 0.05) is 44.1 Å². The standard InChI is InChI=1S/C52H38Cl4O8S3/c53-37-19-23-41(24-20-37)65(59,60)49-31-39(55)27-29-51(49,33-47(57)45-17-9-7-15-43(45)35-11-3-1-4-12-35)67(63,64)52(34-48(58)46-18-10-8-16-44(46)36-13-5-2-6-14-36)30-28-40(56)32-50(52)66(61,62)42-25-21-38(54)22-26-42/h1-32,49-50H,33-34H2. The van der Waals surface area contributed by atoms with Gasteiger partial charge in [-0.1, -0.05) is 168 Å². The molecule has 0 radical (unpaired) electrons. The number of sulfone groups is 3. The van der Waals surface area contributed by atoms with E-state index in [4.69, 9.17) is 46.4 Å². The van der Waals surface area contributed by atoms with Crippen LogP contribution in [0.3, 0.4) is 0 Å². The molecule has 6 aromatic carbocycles. The van der Waals surface area contributed by atoms with E-state index in [9.17, 15) is 0 Å². The molecule has 0 spiro atoms. The Hall–Kier alpha value is -5.37. The van der Waals surface area contributed by atoms with Gasteiger partial charge >= 0.3 is 0 Å². The molecule has 0 fully saturated rings. The number of carbonyl (C=O) groups is 2. The molecule has 0 aromatic heterocycles. The van der Waals surface area contributed by atoms with Crippen molar-refractivity contribution in [1.29, 1.82) is 0 Å². The Bertz CT molecular complexity index is 3150. The summed E-state index contributed by atoms with van der Waals surface area (Å²) in [7, 11) is -15.5. The van der Waals surface area contributed by atoms with Gasteiger partial charge in [-0.2, -0.15) is 0 Å². The summed E-state index contributed by atoms with van der Waals surface area (Å²) in [6.45, 7) is 0. The van der Waals surface area contributed by atoms with Crippen molar-refractivity contribution in [3.05, 3.63) is 225 Å². The number of ketones is 2. The van der Waals surface area contributed by atoms with Crippen LogP contribution in [0.1, 0.15) is 33.6 Å². The zero-order valence-corrected chi connectivity index (χ0v) is 40.5. The van der Waals surface area contributed by atoms with E-state index in [-0.39, 0.29) is 41.0 Å². The predicted octanol–water partition coefficient (Wildman–Crippen LogP) is 12.1. The van der Waals surface area contributed by atoms with Crippen molar-refractivity contribution in [2.45, 2.75) is 42.6 Å². The number of hydrogen-bond acceptors (Lipinski definition) is 8. The molecule has 4 unspecified atom stereocenters. The first-order valence-electron chi connectivity index (χ1n) is 20.6. The number of allylic oxidation sites excluding steroid dienone is 4. The van der Waals surface area contributed by atoms with Gasteiger partial charge in [-0.3, -0.25) is 9.59 Å². The first-order valence-corrected chi connectivity index (χ1v) is 26.7. The van der Waals surface area contributed by atoms with Crippen LogP contribution in [0.4, 0.5) is 0 Å². The third-order valence-corrected chi connectivity index (χ3v) is 20.8. The molecule has 0 saturated heterocycles. The Labute approximate surface area is 409 Å². The number of hydrogen-bond donors (Lipinski definition) is 0. The SMILES string of the molecule is O=C(CC1(S(=O)(=O)C2(CC(=O)c3ccccc3-c3ccccc3)C=CC(Cl)=CC2S(=O)(=O)c2ccc(Cl)cc2)C=CC(Cl)=CC1S(=O)(=O)c1ccc(Cl)cc1)c1ccccc1-c1ccccc1. The summed E-state index contributed by atoms with van der Waals surface area (Å²) < 4.78 is 89.5. The molecule has 0 bridgehead atoms. The minimum atomic E-state index is -5.65. The molecule has 4 atom stereocenters. The van der Waals surface area contributed by atoms with Crippen LogP contribution in [0.25, 0.3) is 22.3 Å². The van der Waals surface area contributed by atoms with Crippen molar-refractivity contribution in [1.82, 2.24) is 0 Å². The smallest absolute Gasteiger partial charge is 0.186 e. The van der Waals surface area contributed by atoms with E-state index >= 15 is 34.8 Å². The van der Waals surface area contributed by atoms with Crippen molar-refractivity contribution in [3.8, 4) is 22.3 Å². The minimum Gasteiger partial charge on any atom is -0.294 e. The zero-order chi connectivity index (χ0) is 47.8. The van der Waals surface area contributed by atoms with Crippen LogP contribution in [0.15, 0.2) is 214 Å². The highest BCUT2D eigenvalue weighted by molar-refractivity contribution is 7.99. The Morgan fingerprint density at radius 2 is 0.761 bits per heavy atom. The van der Waals surface area contributed by atoms with Crippen molar-refractivity contribution in [3.63, 3.8) is 0 Å². The molecule has 2 aliphatic rings. The maximum absolute atomic E-state index is 17.0. The molecule has 340 valence electrons. The van der Waals surface area contributed by atoms with Crippen molar-refractivity contribution in [2.75, 3.05) is 0 Å². The van der Waals surface area contributed by atoms with E-state index in [0.29, 0.717) is 22.3 Å².